The van der Waals surface area contributed by atoms with Crippen LogP contribution in [-0.4, -0.2) is 36.6 Å². The largest absolute Gasteiger partial charge is 0.315 e. The van der Waals surface area contributed by atoms with E-state index in [1.54, 1.807) is 6.42 Å². The number of nitrogens with zero attached hydrogens (tertiary/aromatic N) is 1. The average molecular weight is 234 g/mol. The maximum absolute atomic E-state index is 3.63. The molecule has 0 bridgehead atoms. The highest BCUT2D eigenvalue weighted by atomic mass is 15.2. The van der Waals surface area contributed by atoms with Gasteiger partial charge in [0.15, 0.2) is 0 Å². The quantitative estimate of drug-likeness (QED) is 0.691. The molecule has 2 heteroatoms. The highest BCUT2D eigenvalue weighted by molar-refractivity contribution is 5.01. The van der Waals surface area contributed by atoms with Crippen molar-refractivity contribution in [3.63, 3.8) is 0 Å². The Morgan fingerprint density at radius 2 is 1.71 bits per heavy atom. The van der Waals surface area contributed by atoms with Gasteiger partial charge in [-0.3, -0.25) is 4.90 Å². The number of hydrogen-bond acceptors (Lipinski definition) is 2. The Balaban J connectivity index is 1.56. The van der Waals surface area contributed by atoms with Gasteiger partial charge in [0.1, 0.15) is 0 Å². The van der Waals surface area contributed by atoms with Gasteiger partial charge in [0.05, 0.1) is 0 Å². The van der Waals surface area contributed by atoms with Crippen molar-refractivity contribution in [3.8, 4) is 0 Å². The molecule has 2 nitrogen and oxygen atoms in total. The Hall–Kier alpha value is -0.0800. The number of nitrogens with one attached hydrogen (secondary N) is 1. The van der Waals surface area contributed by atoms with E-state index >= 15 is 0 Å². The first-order valence-electron chi connectivity index (χ1n) is 7.90. The third-order valence-electron chi connectivity index (χ3n) is 6.21. The van der Waals surface area contributed by atoms with E-state index in [0.717, 1.165) is 29.8 Å². The summed E-state index contributed by atoms with van der Waals surface area (Å²) in [5.41, 5.74) is 0. The molecular weight excluding hydrogens is 208 g/mol. The number of hydrogen-bond donors (Lipinski definition) is 1. The Kier molecular flexibility index (Phi) is 2.69. The lowest BCUT2D eigenvalue weighted by atomic mass is 9.67. The maximum atomic E-state index is 3.63. The van der Waals surface area contributed by atoms with Crippen LogP contribution in [0.3, 0.4) is 0 Å². The van der Waals surface area contributed by atoms with E-state index in [1.807, 2.05) is 0 Å². The minimum atomic E-state index is 0.900. The van der Waals surface area contributed by atoms with E-state index in [-0.39, 0.29) is 0 Å². The molecule has 3 aliphatic heterocycles. The van der Waals surface area contributed by atoms with Gasteiger partial charge >= 0.3 is 0 Å². The molecule has 0 amide bonds. The normalized spacial score (nSPS) is 50.5. The van der Waals surface area contributed by atoms with Crippen LogP contribution >= 0.6 is 0 Å². The van der Waals surface area contributed by atoms with Gasteiger partial charge in [-0.05, 0) is 56.5 Å². The average Bonchev–Trinajstić information content (AvgIpc) is 2.86. The standard InChI is InChI=1S/C15H26N2/c1-2-4-13-11(3-1)7-8-17-14(13)6-5-12-9-16-10-15(12)17/h11-16H,1-10H2/t11?,12-,13+,14-,15-/m1/s1. The topological polar surface area (TPSA) is 15.3 Å². The first-order chi connectivity index (χ1) is 8.43. The van der Waals surface area contributed by atoms with Crippen LogP contribution in [0.15, 0.2) is 0 Å². The molecular formula is C15H26N2. The van der Waals surface area contributed by atoms with Gasteiger partial charge in [0.25, 0.3) is 0 Å². The van der Waals surface area contributed by atoms with Gasteiger partial charge in [-0.15, -0.1) is 0 Å². The van der Waals surface area contributed by atoms with Crippen LogP contribution in [0.2, 0.25) is 0 Å². The van der Waals surface area contributed by atoms with E-state index in [1.165, 1.54) is 58.2 Å². The van der Waals surface area contributed by atoms with Gasteiger partial charge in [-0.2, -0.15) is 0 Å². The first-order valence-corrected chi connectivity index (χ1v) is 7.90. The third-order valence-corrected chi connectivity index (χ3v) is 6.21. The second kappa shape index (κ2) is 4.24. The minimum Gasteiger partial charge on any atom is -0.315 e. The predicted molar refractivity (Wildman–Crippen MR) is 69.9 cm³/mol. The zero-order valence-corrected chi connectivity index (χ0v) is 10.9. The molecule has 0 aromatic rings. The molecule has 5 atom stereocenters. The second-order valence-electron chi connectivity index (χ2n) is 6.87. The van der Waals surface area contributed by atoms with Crippen molar-refractivity contribution >= 4 is 0 Å². The molecule has 4 rings (SSSR count). The summed E-state index contributed by atoms with van der Waals surface area (Å²) in [7, 11) is 0. The van der Waals surface area contributed by atoms with Crippen LogP contribution in [0.4, 0.5) is 0 Å². The number of fused-ring (bicyclic) bond motifs is 5. The van der Waals surface area contributed by atoms with Crippen LogP contribution in [0, 0.1) is 17.8 Å². The van der Waals surface area contributed by atoms with E-state index < -0.39 is 0 Å². The Bertz CT molecular complexity index is 291. The Labute approximate surface area is 105 Å². The lowest BCUT2D eigenvalue weighted by Crippen LogP contribution is -2.58. The molecule has 17 heavy (non-hydrogen) atoms. The summed E-state index contributed by atoms with van der Waals surface area (Å²) < 4.78 is 0. The summed E-state index contributed by atoms with van der Waals surface area (Å²) >= 11 is 0. The lowest BCUT2D eigenvalue weighted by molar-refractivity contribution is -0.0392. The summed E-state index contributed by atoms with van der Waals surface area (Å²) in [6.45, 7) is 3.98. The highest BCUT2D eigenvalue weighted by Crippen LogP contribution is 2.45. The summed E-state index contributed by atoms with van der Waals surface area (Å²) in [5, 5.41) is 3.63. The first kappa shape index (κ1) is 10.8. The molecule has 0 spiro atoms. The Morgan fingerprint density at radius 1 is 0.765 bits per heavy atom. The van der Waals surface area contributed by atoms with Crippen molar-refractivity contribution in [1.82, 2.24) is 10.2 Å². The number of piperidine rings is 2. The van der Waals surface area contributed by atoms with Crippen molar-refractivity contribution in [1.29, 1.82) is 0 Å². The van der Waals surface area contributed by atoms with Crippen LogP contribution in [0.25, 0.3) is 0 Å². The molecule has 3 heterocycles. The van der Waals surface area contributed by atoms with E-state index in [0.29, 0.717) is 0 Å². The van der Waals surface area contributed by atoms with E-state index in [9.17, 15) is 0 Å². The fourth-order valence-electron chi connectivity index (χ4n) is 5.41. The van der Waals surface area contributed by atoms with E-state index in [2.05, 4.69) is 10.2 Å². The van der Waals surface area contributed by atoms with Crippen molar-refractivity contribution in [2.45, 2.75) is 57.0 Å². The molecule has 0 radical (unpaired) electrons. The zero-order chi connectivity index (χ0) is 11.2. The van der Waals surface area contributed by atoms with Crippen molar-refractivity contribution in [2.24, 2.45) is 17.8 Å². The Morgan fingerprint density at radius 3 is 2.71 bits per heavy atom. The molecule has 1 aliphatic carbocycles. The summed E-state index contributed by atoms with van der Waals surface area (Å²) in [6.07, 6.45) is 10.6. The highest BCUT2D eigenvalue weighted by Gasteiger charge is 2.46. The number of rotatable bonds is 0. The van der Waals surface area contributed by atoms with Crippen LogP contribution < -0.4 is 5.32 Å². The van der Waals surface area contributed by atoms with E-state index in [4.69, 9.17) is 0 Å². The molecule has 96 valence electrons. The molecule has 1 N–H and O–H groups in total. The van der Waals surface area contributed by atoms with Crippen LogP contribution in [-0.2, 0) is 0 Å². The second-order valence-corrected chi connectivity index (χ2v) is 6.87. The van der Waals surface area contributed by atoms with Crippen molar-refractivity contribution in [2.75, 3.05) is 19.6 Å². The zero-order valence-electron chi connectivity index (χ0n) is 10.9. The molecule has 4 fully saturated rings. The van der Waals surface area contributed by atoms with Crippen LogP contribution in [0.5, 0.6) is 0 Å². The minimum absolute atomic E-state index is 0.900. The summed E-state index contributed by atoms with van der Waals surface area (Å²) in [5.74, 6) is 3.14. The fourth-order valence-corrected chi connectivity index (χ4v) is 5.41. The van der Waals surface area contributed by atoms with Gasteiger partial charge in [-0.25, -0.2) is 0 Å². The van der Waals surface area contributed by atoms with Gasteiger partial charge < -0.3 is 5.32 Å². The maximum Gasteiger partial charge on any atom is 0.0264 e. The van der Waals surface area contributed by atoms with Crippen molar-refractivity contribution < 1.29 is 0 Å². The third kappa shape index (κ3) is 1.67. The predicted octanol–water partition coefficient (Wildman–Crippen LogP) is 2.25. The van der Waals surface area contributed by atoms with Crippen LogP contribution in [0.1, 0.15) is 44.9 Å². The molecule has 1 unspecified atom stereocenters. The molecule has 3 saturated heterocycles. The fraction of sp³-hybridized carbons (Fsp3) is 1.00. The SMILES string of the molecule is C1CC[C@H]2C(C1)CCN1[C@@H]3CNC[C@H]3CC[C@H]21. The molecule has 4 aliphatic rings. The van der Waals surface area contributed by atoms with Gasteiger partial charge in [0, 0.05) is 18.6 Å². The molecule has 1 saturated carbocycles. The molecule has 0 aromatic heterocycles. The van der Waals surface area contributed by atoms with Gasteiger partial charge in [0.2, 0.25) is 0 Å². The molecule has 0 aromatic carbocycles. The summed E-state index contributed by atoms with van der Waals surface area (Å²) in [6, 6.07) is 1.87. The van der Waals surface area contributed by atoms with Gasteiger partial charge in [-0.1, -0.05) is 19.3 Å². The van der Waals surface area contributed by atoms with Crippen molar-refractivity contribution in [3.05, 3.63) is 0 Å². The monoisotopic (exact) mass is 234 g/mol. The lowest BCUT2D eigenvalue weighted by Gasteiger charge is -2.53. The summed E-state index contributed by atoms with van der Waals surface area (Å²) in [4.78, 5) is 2.93. The smallest absolute Gasteiger partial charge is 0.0264 e.